The van der Waals surface area contributed by atoms with E-state index in [-0.39, 0.29) is 16.3 Å². The van der Waals surface area contributed by atoms with Crippen molar-refractivity contribution in [3.8, 4) is 0 Å². The van der Waals surface area contributed by atoms with Gasteiger partial charge in [-0.3, -0.25) is 9.10 Å². The number of nitrogens with zero attached hydrogens (tertiary/aromatic N) is 1. The number of carbonyl (C=O) groups excluding carboxylic acids is 1. The molecule has 1 aliphatic heterocycles. The molecule has 0 aromatic heterocycles. The van der Waals surface area contributed by atoms with Crippen LogP contribution in [0.1, 0.15) is 29.3 Å². The zero-order valence-corrected chi connectivity index (χ0v) is 15.7. The number of sulfonamides is 1. The first-order chi connectivity index (χ1) is 12.3. The van der Waals surface area contributed by atoms with Gasteiger partial charge in [0.2, 0.25) is 10.0 Å². The topological polar surface area (TPSA) is 66.5 Å². The van der Waals surface area contributed by atoms with Gasteiger partial charge in [-0.05, 0) is 61.7 Å². The van der Waals surface area contributed by atoms with E-state index in [2.05, 4.69) is 5.32 Å². The third kappa shape index (κ3) is 3.68. The molecule has 1 heterocycles. The van der Waals surface area contributed by atoms with E-state index in [1.165, 1.54) is 16.4 Å². The Hall–Kier alpha value is -2.12. The summed E-state index contributed by atoms with van der Waals surface area (Å²) in [6, 6.07) is 8.68. The maximum atomic E-state index is 13.1. The highest BCUT2D eigenvalue weighted by molar-refractivity contribution is 7.92. The van der Waals surface area contributed by atoms with Crippen LogP contribution in [0.3, 0.4) is 0 Å². The van der Waals surface area contributed by atoms with Gasteiger partial charge in [0, 0.05) is 12.2 Å². The van der Waals surface area contributed by atoms with E-state index in [1.807, 2.05) is 0 Å². The van der Waals surface area contributed by atoms with Gasteiger partial charge in [0.25, 0.3) is 5.91 Å². The number of anilines is 2. The molecule has 0 fully saturated rings. The Labute approximate surface area is 156 Å². The molecule has 0 bridgehead atoms. The number of rotatable bonds is 4. The molecule has 1 N–H and O–H groups in total. The molecular weight excluding hydrogens is 379 g/mol. The van der Waals surface area contributed by atoms with Crippen molar-refractivity contribution < 1.29 is 17.6 Å². The van der Waals surface area contributed by atoms with E-state index < -0.39 is 21.7 Å². The fraction of sp³-hybridized carbons (Fsp3) is 0.278. The quantitative estimate of drug-likeness (QED) is 0.853. The number of hydrogen-bond acceptors (Lipinski definition) is 3. The standard InChI is InChI=1S/C18H18ClFN2O3S/c1-2-26(24,25)22-9-3-4-12-10-14(6-8-17(12)22)21-18(23)15-7-5-13(20)11-16(15)19/h5-8,10-11H,2-4,9H2,1H3,(H,21,23). The molecule has 3 rings (SSSR count). The van der Waals surface area contributed by atoms with E-state index in [1.54, 1.807) is 25.1 Å². The average Bonchev–Trinajstić information content (AvgIpc) is 2.60. The molecule has 0 saturated heterocycles. The summed E-state index contributed by atoms with van der Waals surface area (Å²) >= 11 is 5.92. The summed E-state index contributed by atoms with van der Waals surface area (Å²) in [5.41, 5.74) is 2.21. The van der Waals surface area contributed by atoms with Crippen molar-refractivity contribution in [1.82, 2.24) is 0 Å². The number of halogens is 2. The summed E-state index contributed by atoms with van der Waals surface area (Å²) in [5.74, 6) is -0.935. The zero-order valence-electron chi connectivity index (χ0n) is 14.1. The molecule has 138 valence electrons. The van der Waals surface area contributed by atoms with E-state index in [0.29, 0.717) is 24.3 Å². The van der Waals surface area contributed by atoms with Gasteiger partial charge in [0.1, 0.15) is 5.82 Å². The van der Waals surface area contributed by atoms with Crippen molar-refractivity contribution in [2.75, 3.05) is 21.9 Å². The van der Waals surface area contributed by atoms with Gasteiger partial charge in [-0.2, -0.15) is 0 Å². The van der Waals surface area contributed by atoms with Crippen molar-refractivity contribution in [3.05, 3.63) is 58.4 Å². The summed E-state index contributed by atoms with van der Waals surface area (Å²) in [7, 11) is -3.33. The monoisotopic (exact) mass is 396 g/mol. The highest BCUT2D eigenvalue weighted by Gasteiger charge is 2.26. The first-order valence-electron chi connectivity index (χ1n) is 8.21. The highest BCUT2D eigenvalue weighted by Crippen LogP contribution is 2.32. The number of carbonyl (C=O) groups is 1. The number of amides is 1. The van der Waals surface area contributed by atoms with Gasteiger partial charge in [0.05, 0.1) is 22.0 Å². The summed E-state index contributed by atoms with van der Waals surface area (Å²) < 4.78 is 39.0. The van der Waals surface area contributed by atoms with Crippen LogP contribution in [0.5, 0.6) is 0 Å². The van der Waals surface area contributed by atoms with Crippen molar-refractivity contribution in [2.45, 2.75) is 19.8 Å². The van der Waals surface area contributed by atoms with E-state index in [0.717, 1.165) is 18.1 Å². The highest BCUT2D eigenvalue weighted by atomic mass is 35.5. The lowest BCUT2D eigenvalue weighted by Crippen LogP contribution is -2.36. The van der Waals surface area contributed by atoms with Crippen molar-refractivity contribution >= 4 is 38.9 Å². The Kier molecular flexibility index (Phi) is 5.20. The molecule has 8 heteroatoms. The Morgan fingerprint density at radius 1 is 1.27 bits per heavy atom. The second-order valence-corrected chi connectivity index (χ2v) is 8.59. The first kappa shape index (κ1) is 18.7. The Bertz CT molecular complexity index is 963. The largest absolute Gasteiger partial charge is 0.322 e. The number of benzene rings is 2. The summed E-state index contributed by atoms with van der Waals surface area (Å²) in [6.07, 6.45) is 1.44. The Morgan fingerprint density at radius 2 is 2.04 bits per heavy atom. The van der Waals surface area contributed by atoms with Gasteiger partial charge < -0.3 is 5.32 Å². The van der Waals surface area contributed by atoms with Gasteiger partial charge in [-0.15, -0.1) is 0 Å². The van der Waals surface area contributed by atoms with Gasteiger partial charge >= 0.3 is 0 Å². The lowest BCUT2D eigenvalue weighted by molar-refractivity contribution is 0.102. The third-order valence-electron chi connectivity index (χ3n) is 4.29. The van der Waals surface area contributed by atoms with Crippen LogP contribution >= 0.6 is 11.6 Å². The predicted octanol–water partition coefficient (Wildman–Crippen LogP) is 3.83. The molecular formula is C18H18ClFN2O3S. The Balaban J connectivity index is 1.86. The summed E-state index contributed by atoms with van der Waals surface area (Å²) in [6.45, 7) is 2.07. The predicted molar refractivity (Wildman–Crippen MR) is 101 cm³/mol. The molecule has 0 atom stereocenters. The normalized spacial score (nSPS) is 14.0. The van der Waals surface area contributed by atoms with Crippen LogP contribution in [0, 0.1) is 5.82 Å². The summed E-state index contributed by atoms with van der Waals surface area (Å²) in [4.78, 5) is 12.4. The second kappa shape index (κ2) is 7.25. The van der Waals surface area contributed by atoms with Crippen LogP contribution in [0.25, 0.3) is 0 Å². The summed E-state index contributed by atoms with van der Waals surface area (Å²) in [5, 5.41) is 2.75. The minimum absolute atomic E-state index is 0.0284. The zero-order chi connectivity index (χ0) is 18.9. The molecule has 2 aromatic carbocycles. The number of nitrogens with one attached hydrogen (secondary N) is 1. The number of fused-ring (bicyclic) bond motifs is 1. The fourth-order valence-corrected chi connectivity index (χ4v) is 4.41. The maximum absolute atomic E-state index is 13.1. The second-order valence-electron chi connectivity index (χ2n) is 6.00. The van der Waals surface area contributed by atoms with Crippen molar-refractivity contribution in [2.24, 2.45) is 0 Å². The van der Waals surface area contributed by atoms with Gasteiger partial charge in [-0.25, -0.2) is 12.8 Å². The van der Waals surface area contributed by atoms with Crippen molar-refractivity contribution in [1.29, 1.82) is 0 Å². The maximum Gasteiger partial charge on any atom is 0.257 e. The Morgan fingerprint density at radius 3 is 2.73 bits per heavy atom. The molecule has 0 spiro atoms. The lowest BCUT2D eigenvalue weighted by Gasteiger charge is -2.30. The van der Waals surface area contributed by atoms with Gasteiger partial charge in [-0.1, -0.05) is 11.6 Å². The van der Waals surface area contributed by atoms with E-state index in [9.17, 15) is 17.6 Å². The minimum Gasteiger partial charge on any atom is -0.322 e. The minimum atomic E-state index is -3.33. The van der Waals surface area contributed by atoms with Crippen LogP contribution in [0.4, 0.5) is 15.8 Å². The molecule has 0 saturated carbocycles. The number of hydrogen-bond donors (Lipinski definition) is 1. The fourth-order valence-electron chi connectivity index (χ4n) is 2.96. The van der Waals surface area contributed by atoms with Crippen molar-refractivity contribution in [3.63, 3.8) is 0 Å². The molecule has 26 heavy (non-hydrogen) atoms. The SMILES string of the molecule is CCS(=O)(=O)N1CCCc2cc(NC(=O)c3ccc(F)cc3Cl)ccc21. The molecule has 2 aromatic rings. The van der Waals surface area contributed by atoms with Crippen LogP contribution < -0.4 is 9.62 Å². The van der Waals surface area contributed by atoms with E-state index in [4.69, 9.17) is 11.6 Å². The molecule has 0 radical (unpaired) electrons. The molecule has 0 unspecified atom stereocenters. The lowest BCUT2D eigenvalue weighted by atomic mass is 10.0. The van der Waals surface area contributed by atoms with Crippen LogP contribution in [0.15, 0.2) is 36.4 Å². The first-order valence-corrected chi connectivity index (χ1v) is 10.2. The van der Waals surface area contributed by atoms with Crippen LogP contribution in [0.2, 0.25) is 5.02 Å². The van der Waals surface area contributed by atoms with Crippen LogP contribution in [-0.4, -0.2) is 26.6 Å². The van der Waals surface area contributed by atoms with Crippen LogP contribution in [-0.2, 0) is 16.4 Å². The molecule has 1 aliphatic rings. The third-order valence-corrected chi connectivity index (χ3v) is 6.38. The number of aryl methyl sites for hydroxylation is 1. The molecule has 1 amide bonds. The average molecular weight is 397 g/mol. The molecule has 5 nitrogen and oxygen atoms in total. The molecule has 0 aliphatic carbocycles. The van der Waals surface area contributed by atoms with Gasteiger partial charge in [0.15, 0.2) is 0 Å². The van der Waals surface area contributed by atoms with E-state index >= 15 is 0 Å². The smallest absolute Gasteiger partial charge is 0.257 e.